The highest BCUT2D eigenvalue weighted by Gasteiger charge is 2.19. The Morgan fingerprint density at radius 2 is 2.25 bits per heavy atom. The van der Waals surface area contributed by atoms with Crippen LogP contribution in [0.15, 0.2) is 23.1 Å². The molecule has 0 aliphatic heterocycles. The molecule has 6 nitrogen and oxygen atoms in total. The standard InChI is InChI=1S/C14H19NO5/c1-3-5-7-19-8-6-15-13(16)12-9-10(14(17)18)11(4-2)20-12/h3,9H,1,4-8H2,2H3,(H,15,16)(H,17,18). The molecular formula is C14H19NO5. The molecule has 0 saturated heterocycles. The lowest BCUT2D eigenvalue weighted by Gasteiger charge is -2.03. The molecular weight excluding hydrogens is 262 g/mol. The number of hydrogen-bond acceptors (Lipinski definition) is 4. The summed E-state index contributed by atoms with van der Waals surface area (Å²) in [4.78, 5) is 22.7. The van der Waals surface area contributed by atoms with E-state index in [1.807, 2.05) is 0 Å². The van der Waals surface area contributed by atoms with E-state index in [4.69, 9.17) is 14.3 Å². The second-order valence-electron chi connectivity index (χ2n) is 4.05. The zero-order valence-corrected chi connectivity index (χ0v) is 11.5. The Hall–Kier alpha value is -2.08. The molecule has 0 radical (unpaired) electrons. The molecule has 1 rings (SSSR count). The van der Waals surface area contributed by atoms with E-state index in [0.29, 0.717) is 31.9 Å². The van der Waals surface area contributed by atoms with Gasteiger partial charge in [0.05, 0.1) is 13.2 Å². The van der Waals surface area contributed by atoms with Crippen LogP contribution in [0.5, 0.6) is 0 Å². The first kappa shape index (κ1) is 16.0. The molecule has 1 amide bonds. The van der Waals surface area contributed by atoms with Gasteiger partial charge in [-0.1, -0.05) is 13.0 Å². The second kappa shape index (κ2) is 8.16. The molecule has 0 aliphatic rings. The fourth-order valence-corrected chi connectivity index (χ4v) is 1.58. The van der Waals surface area contributed by atoms with Gasteiger partial charge in [-0.25, -0.2) is 4.79 Å². The monoisotopic (exact) mass is 281 g/mol. The molecule has 6 heteroatoms. The molecule has 1 heterocycles. The van der Waals surface area contributed by atoms with Gasteiger partial charge >= 0.3 is 5.97 Å². The highest BCUT2D eigenvalue weighted by atomic mass is 16.5. The maximum absolute atomic E-state index is 11.8. The van der Waals surface area contributed by atoms with Crippen LogP contribution in [-0.4, -0.2) is 36.7 Å². The lowest BCUT2D eigenvalue weighted by Crippen LogP contribution is -2.27. The number of hydrogen-bond donors (Lipinski definition) is 2. The molecule has 0 aliphatic carbocycles. The number of carboxylic acid groups (broad SMARTS) is 1. The summed E-state index contributed by atoms with van der Waals surface area (Å²) in [5, 5.41) is 11.6. The number of furan rings is 1. The van der Waals surface area contributed by atoms with Gasteiger partial charge in [0.2, 0.25) is 0 Å². The number of carbonyl (C=O) groups excluding carboxylic acids is 1. The highest BCUT2D eigenvalue weighted by molar-refractivity contribution is 5.96. The molecule has 20 heavy (non-hydrogen) atoms. The van der Waals surface area contributed by atoms with Crippen molar-refractivity contribution in [1.82, 2.24) is 5.32 Å². The topological polar surface area (TPSA) is 88.8 Å². The van der Waals surface area contributed by atoms with Crippen molar-refractivity contribution in [2.24, 2.45) is 0 Å². The number of amides is 1. The Morgan fingerprint density at radius 3 is 2.80 bits per heavy atom. The lowest BCUT2D eigenvalue weighted by atomic mass is 10.2. The van der Waals surface area contributed by atoms with Crippen molar-refractivity contribution in [3.05, 3.63) is 35.8 Å². The summed E-state index contributed by atoms with van der Waals surface area (Å²) in [7, 11) is 0. The minimum Gasteiger partial charge on any atom is -0.478 e. The average Bonchev–Trinajstić information content (AvgIpc) is 2.87. The first-order chi connectivity index (χ1) is 9.60. The minimum absolute atomic E-state index is 0.00495. The quantitative estimate of drug-likeness (QED) is 0.533. The largest absolute Gasteiger partial charge is 0.478 e. The van der Waals surface area contributed by atoms with Crippen molar-refractivity contribution in [3.63, 3.8) is 0 Å². The Labute approximate surface area is 117 Å². The van der Waals surface area contributed by atoms with Crippen LogP contribution in [0, 0.1) is 0 Å². The minimum atomic E-state index is -1.10. The zero-order chi connectivity index (χ0) is 15.0. The maximum Gasteiger partial charge on any atom is 0.339 e. The Kier molecular flexibility index (Phi) is 6.52. The lowest BCUT2D eigenvalue weighted by molar-refractivity contribution is 0.0694. The van der Waals surface area contributed by atoms with Crippen molar-refractivity contribution in [2.45, 2.75) is 19.8 Å². The van der Waals surface area contributed by atoms with Gasteiger partial charge in [0.1, 0.15) is 11.3 Å². The number of rotatable bonds is 9. The van der Waals surface area contributed by atoms with E-state index in [9.17, 15) is 9.59 Å². The molecule has 1 aromatic heterocycles. The fraction of sp³-hybridized carbons (Fsp3) is 0.429. The second-order valence-corrected chi connectivity index (χ2v) is 4.05. The van der Waals surface area contributed by atoms with Crippen molar-refractivity contribution in [3.8, 4) is 0 Å². The predicted molar refractivity (Wildman–Crippen MR) is 73.0 cm³/mol. The van der Waals surface area contributed by atoms with Gasteiger partial charge in [-0.05, 0) is 6.42 Å². The molecule has 0 fully saturated rings. The van der Waals surface area contributed by atoms with Crippen LogP contribution in [0.4, 0.5) is 0 Å². The molecule has 0 aromatic carbocycles. The van der Waals surface area contributed by atoms with Crippen LogP contribution in [0.25, 0.3) is 0 Å². The molecule has 0 unspecified atom stereocenters. The van der Waals surface area contributed by atoms with Gasteiger partial charge in [0.15, 0.2) is 5.76 Å². The third-order valence-corrected chi connectivity index (χ3v) is 2.58. The van der Waals surface area contributed by atoms with E-state index in [1.165, 1.54) is 6.07 Å². The number of aryl methyl sites for hydroxylation is 1. The van der Waals surface area contributed by atoms with E-state index in [2.05, 4.69) is 11.9 Å². The summed E-state index contributed by atoms with van der Waals surface area (Å²) in [5.74, 6) is -1.24. The molecule has 0 atom stereocenters. The Balaban J connectivity index is 2.47. The van der Waals surface area contributed by atoms with Crippen molar-refractivity contribution < 1.29 is 23.8 Å². The third-order valence-electron chi connectivity index (χ3n) is 2.58. The van der Waals surface area contributed by atoms with Crippen LogP contribution in [0.2, 0.25) is 0 Å². The van der Waals surface area contributed by atoms with E-state index in [-0.39, 0.29) is 11.3 Å². The summed E-state index contributed by atoms with van der Waals surface area (Å²) in [5.41, 5.74) is 0.0277. The summed E-state index contributed by atoms with van der Waals surface area (Å²) < 4.78 is 10.5. The van der Waals surface area contributed by atoms with Gasteiger partial charge in [-0.2, -0.15) is 0 Å². The van der Waals surface area contributed by atoms with E-state index in [1.54, 1.807) is 13.0 Å². The van der Waals surface area contributed by atoms with Crippen molar-refractivity contribution >= 4 is 11.9 Å². The number of nitrogens with one attached hydrogen (secondary N) is 1. The van der Waals surface area contributed by atoms with Crippen molar-refractivity contribution in [1.29, 1.82) is 0 Å². The van der Waals surface area contributed by atoms with Crippen LogP contribution in [-0.2, 0) is 11.2 Å². The van der Waals surface area contributed by atoms with E-state index in [0.717, 1.165) is 6.42 Å². The van der Waals surface area contributed by atoms with Gasteiger partial charge in [0, 0.05) is 19.0 Å². The van der Waals surface area contributed by atoms with E-state index < -0.39 is 11.9 Å². The van der Waals surface area contributed by atoms with Crippen LogP contribution < -0.4 is 5.32 Å². The van der Waals surface area contributed by atoms with Gasteiger partial charge in [-0.15, -0.1) is 6.58 Å². The van der Waals surface area contributed by atoms with Gasteiger partial charge in [0.25, 0.3) is 5.91 Å². The smallest absolute Gasteiger partial charge is 0.339 e. The maximum atomic E-state index is 11.8. The van der Waals surface area contributed by atoms with Crippen LogP contribution in [0.1, 0.15) is 40.0 Å². The number of carboxylic acids is 1. The number of aromatic carboxylic acids is 1. The highest BCUT2D eigenvalue weighted by Crippen LogP contribution is 2.16. The van der Waals surface area contributed by atoms with Crippen molar-refractivity contribution in [2.75, 3.05) is 19.8 Å². The Bertz CT molecular complexity index is 478. The van der Waals surface area contributed by atoms with Gasteiger partial charge in [-0.3, -0.25) is 4.79 Å². The number of ether oxygens (including phenoxy) is 1. The Morgan fingerprint density at radius 1 is 1.50 bits per heavy atom. The van der Waals surface area contributed by atoms with Crippen LogP contribution in [0.3, 0.4) is 0 Å². The first-order valence-electron chi connectivity index (χ1n) is 6.43. The van der Waals surface area contributed by atoms with E-state index >= 15 is 0 Å². The predicted octanol–water partition coefficient (Wildman–Crippen LogP) is 1.86. The van der Waals surface area contributed by atoms with Gasteiger partial charge < -0.3 is 19.6 Å². The first-order valence-corrected chi connectivity index (χ1v) is 6.43. The summed E-state index contributed by atoms with van der Waals surface area (Å²) in [6.45, 7) is 6.61. The fourth-order valence-electron chi connectivity index (χ4n) is 1.58. The zero-order valence-electron chi connectivity index (χ0n) is 11.5. The molecule has 0 spiro atoms. The van der Waals surface area contributed by atoms with Crippen LogP contribution >= 0.6 is 0 Å². The molecule has 1 aromatic rings. The summed E-state index contributed by atoms with van der Waals surface area (Å²) in [6, 6.07) is 1.25. The molecule has 2 N–H and O–H groups in total. The average molecular weight is 281 g/mol. The number of carbonyl (C=O) groups is 2. The summed E-state index contributed by atoms with van der Waals surface area (Å²) in [6.07, 6.45) is 2.93. The molecule has 0 bridgehead atoms. The summed E-state index contributed by atoms with van der Waals surface area (Å²) >= 11 is 0. The SMILES string of the molecule is C=CCCOCCNC(=O)c1cc(C(=O)O)c(CC)o1. The third kappa shape index (κ3) is 4.55. The molecule has 110 valence electrons. The molecule has 0 saturated carbocycles. The normalized spacial score (nSPS) is 10.2.